The number of rotatable bonds is 6. The summed E-state index contributed by atoms with van der Waals surface area (Å²) in [7, 11) is -1.39. The topological polar surface area (TPSA) is 38.8 Å². The molecule has 1 saturated heterocycles. The second-order valence-corrected chi connectivity index (χ2v) is 4.00. The molecule has 0 aliphatic carbocycles. The summed E-state index contributed by atoms with van der Waals surface area (Å²) in [5.41, 5.74) is 0. The molecule has 1 aliphatic heterocycles. The van der Waals surface area contributed by atoms with Gasteiger partial charge in [0.2, 0.25) is 0 Å². The molecule has 1 rings (SSSR count). The predicted molar refractivity (Wildman–Crippen MR) is 43.1 cm³/mol. The first kappa shape index (κ1) is 9.11. The fraction of sp³-hybridized carbons (Fsp3) is 1.00. The summed E-state index contributed by atoms with van der Waals surface area (Å²) in [5.74, 6) is 0. The van der Waals surface area contributed by atoms with Crippen molar-refractivity contribution in [3.8, 4) is 0 Å². The molecule has 0 amide bonds. The first-order valence-electron chi connectivity index (χ1n) is 4.02. The van der Waals surface area contributed by atoms with Crippen molar-refractivity contribution in [2.75, 3.05) is 19.4 Å². The molecule has 1 aliphatic rings. The van der Waals surface area contributed by atoms with E-state index < -0.39 is 8.03 Å². The summed E-state index contributed by atoms with van der Waals surface area (Å²) in [6.45, 7) is 3.44. The average Bonchev–Trinajstić information content (AvgIpc) is 2.72. The second-order valence-electron chi connectivity index (χ2n) is 2.63. The Balaban J connectivity index is 1.88. The van der Waals surface area contributed by atoms with Gasteiger partial charge in [-0.25, -0.2) is 0 Å². The van der Waals surface area contributed by atoms with E-state index in [2.05, 4.69) is 0 Å². The lowest BCUT2D eigenvalue weighted by Crippen LogP contribution is -1.93. The van der Waals surface area contributed by atoms with Crippen LogP contribution in [0.1, 0.15) is 19.8 Å². The van der Waals surface area contributed by atoms with Crippen molar-refractivity contribution in [3.05, 3.63) is 0 Å². The van der Waals surface area contributed by atoms with Crippen LogP contribution in [-0.4, -0.2) is 25.5 Å². The number of hydrogen-bond acceptors (Lipinski definition) is 3. The summed E-state index contributed by atoms with van der Waals surface area (Å²) in [6.07, 6.45) is 2.89. The maximum Gasteiger partial charge on any atom is 0.508 e. The Hall–Kier alpha value is 0.0200. The summed E-state index contributed by atoms with van der Waals surface area (Å²) < 4.78 is 21.0. The van der Waals surface area contributed by atoms with Crippen molar-refractivity contribution < 1.29 is 13.8 Å². The molecular weight excluding hydrogens is 163 g/mol. The highest BCUT2D eigenvalue weighted by Crippen LogP contribution is 2.24. The standard InChI is InChI=1S/C7H14O3P/c1-2-5-11(8)10-4-3-7-6-9-7/h7H,2-6H2,1H3/q+1. The Kier molecular flexibility index (Phi) is 3.98. The van der Waals surface area contributed by atoms with Crippen LogP contribution in [0.4, 0.5) is 0 Å². The van der Waals surface area contributed by atoms with Gasteiger partial charge in [-0.15, -0.1) is 4.52 Å². The van der Waals surface area contributed by atoms with Gasteiger partial charge >= 0.3 is 8.03 Å². The third-order valence-electron chi connectivity index (χ3n) is 1.48. The van der Waals surface area contributed by atoms with Crippen molar-refractivity contribution in [2.45, 2.75) is 25.9 Å². The van der Waals surface area contributed by atoms with Crippen LogP contribution >= 0.6 is 8.03 Å². The molecule has 0 aromatic heterocycles. The van der Waals surface area contributed by atoms with E-state index in [1.165, 1.54) is 0 Å². The maximum absolute atomic E-state index is 10.9. The highest BCUT2D eigenvalue weighted by atomic mass is 31.1. The van der Waals surface area contributed by atoms with Crippen LogP contribution < -0.4 is 0 Å². The monoisotopic (exact) mass is 177 g/mol. The molecule has 2 unspecified atom stereocenters. The van der Waals surface area contributed by atoms with Gasteiger partial charge < -0.3 is 4.74 Å². The minimum atomic E-state index is -1.39. The van der Waals surface area contributed by atoms with E-state index in [0.29, 0.717) is 18.9 Å². The van der Waals surface area contributed by atoms with Crippen LogP contribution in [0.3, 0.4) is 0 Å². The molecule has 1 fully saturated rings. The minimum absolute atomic E-state index is 0.389. The quantitative estimate of drug-likeness (QED) is 0.459. The smallest absolute Gasteiger partial charge is 0.373 e. The van der Waals surface area contributed by atoms with Crippen LogP contribution in [0.25, 0.3) is 0 Å². The zero-order chi connectivity index (χ0) is 8.10. The van der Waals surface area contributed by atoms with Crippen LogP contribution in [-0.2, 0) is 13.8 Å². The first-order valence-corrected chi connectivity index (χ1v) is 5.38. The van der Waals surface area contributed by atoms with Crippen LogP contribution in [0.5, 0.6) is 0 Å². The molecule has 1 heterocycles. The molecular formula is C7H14O3P+. The van der Waals surface area contributed by atoms with Crippen molar-refractivity contribution in [1.82, 2.24) is 0 Å². The number of ether oxygens (including phenoxy) is 1. The molecule has 0 bridgehead atoms. The van der Waals surface area contributed by atoms with E-state index in [9.17, 15) is 4.57 Å². The van der Waals surface area contributed by atoms with Gasteiger partial charge in [0, 0.05) is 6.42 Å². The largest absolute Gasteiger partial charge is 0.508 e. The highest BCUT2D eigenvalue weighted by molar-refractivity contribution is 7.39. The van der Waals surface area contributed by atoms with Crippen LogP contribution in [0.2, 0.25) is 0 Å². The van der Waals surface area contributed by atoms with Gasteiger partial charge in [-0.1, -0.05) is 6.92 Å². The van der Waals surface area contributed by atoms with Crippen molar-refractivity contribution in [2.24, 2.45) is 0 Å². The van der Waals surface area contributed by atoms with E-state index in [1.807, 2.05) is 6.92 Å². The lowest BCUT2D eigenvalue weighted by Gasteiger charge is -1.87. The highest BCUT2D eigenvalue weighted by Gasteiger charge is 2.24. The van der Waals surface area contributed by atoms with E-state index in [0.717, 1.165) is 19.4 Å². The number of hydrogen-bond donors (Lipinski definition) is 0. The van der Waals surface area contributed by atoms with Gasteiger partial charge in [-0.2, -0.15) is 0 Å². The average molecular weight is 177 g/mol. The molecule has 4 heteroatoms. The van der Waals surface area contributed by atoms with Gasteiger partial charge in [-0.3, -0.25) is 0 Å². The normalized spacial score (nSPS) is 23.4. The van der Waals surface area contributed by atoms with E-state index in [1.54, 1.807) is 0 Å². The Morgan fingerprint density at radius 1 is 1.73 bits per heavy atom. The van der Waals surface area contributed by atoms with Crippen LogP contribution in [0, 0.1) is 0 Å². The first-order chi connectivity index (χ1) is 5.33. The molecule has 0 spiro atoms. The molecule has 3 nitrogen and oxygen atoms in total. The molecule has 0 N–H and O–H groups in total. The van der Waals surface area contributed by atoms with Gasteiger partial charge in [-0.05, 0) is 11.0 Å². The summed E-state index contributed by atoms with van der Waals surface area (Å²) in [4.78, 5) is 0. The Bertz CT molecular complexity index is 134. The summed E-state index contributed by atoms with van der Waals surface area (Å²) in [5, 5.41) is 0. The fourth-order valence-electron chi connectivity index (χ4n) is 0.768. The lowest BCUT2D eigenvalue weighted by molar-refractivity contribution is 0.293. The van der Waals surface area contributed by atoms with E-state index in [4.69, 9.17) is 9.26 Å². The third-order valence-corrected chi connectivity index (χ3v) is 2.77. The SMILES string of the molecule is CCC[P+](=O)OCCC1CO1. The van der Waals surface area contributed by atoms with Gasteiger partial charge in [0.15, 0.2) is 6.16 Å². The summed E-state index contributed by atoms with van der Waals surface area (Å²) in [6, 6.07) is 0. The zero-order valence-electron chi connectivity index (χ0n) is 6.78. The minimum Gasteiger partial charge on any atom is -0.373 e. The molecule has 0 aromatic carbocycles. The van der Waals surface area contributed by atoms with Crippen molar-refractivity contribution in [3.63, 3.8) is 0 Å². The second kappa shape index (κ2) is 4.81. The molecule has 0 saturated carbocycles. The fourth-order valence-corrected chi connectivity index (χ4v) is 1.57. The predicted octanol–water partition coefficient (Wildman–Crippen LogP) is 1.94. The van der Waals surface area contributed by atoms with Gasteiger partial charge in [0.1, 0.15) is 6.61 Å². The van der Waals surface area contributed by atoms with Gasteiger partial charge in [0.25, 0.3) is 0 Å². The van der Waals surface area contributed by atoms with Gasteiger partial charge in [0.05, 0.1) is 12.7 Å². The van der Waals surface area contributed by atoms with Crippen LogP contribution in [0.15, 0.2) is 0 Å². The molecule has 0 radical (unpaired) electrons. The molecule has 2 atom stereocenters. The summed E-state index contributed by atoms with van der Waals surface area (Å²) >= 11 is 0. The number of epoxide rings is 1. The van der Waals surface area contributed by atoms with Crippen molar-refractivity contribution in [1.29, 1.82) is 0 Å². The van der Waals surface area contributed by atoms with Crippen molar-refractivity contribution >= 4 is 8.03 Å². The van der Waals surface area contributed by atoms with E-state index >= 15 is 0 Å². The van der Waals surface area contributed by atoms with E-state index in [-0.39, 0.29) is 0 Å². The maximum atomic E-state index is 10.9. The molecule has 0 aromatic rings. The Labute approximate surface area is 67.9 Å². The molecule has 64 valence electrons. The third kappa shape index (κ3) is 4.46. The zero-order valence-corrected chi connectivity index (χ0v) is 7.68. The lowest BCUT2D eigenvalue weighted by atomic mass is 10.4. The Morgan fingerprint density at radius 3 is 3.00 bits per heavy atom. The Morgan fingerprint density at radius 2 is 2.45 bits per heavy atom. The molecule has 11 heavy (non-hydrogen) atoms.